The lowest BCUT2D eigenvalue weighted by Gasteiger charge is -2.12. The Balaban J connectivity index is 1.99. The van der Waals surface area contributed by atoms with Crippen molar-refractivity contribution in [1.82, 2.24) is 5.32 Å². The summed E-state index contributed by atoms with van der Waals surface area (Å²) in [5.41, 5.74) is 3.59. The summed E-state index contributed by atoms with van der Waals surface area (Å²) in [5, 5.41) is 17.5. The second-order valence-electron chi connectivity index (χ2n) is 5.00. The summed E-state index contributed by atoms with van der Waals surface area (Å²) in [6.45, 7) is 4.33. The Bertz CT molecular complexity index is 699. The second-order valence-corrected chi connectivity index (χ2v) is 5.41. The SMILES string of the molecule is Cc1ccc(CNC(=S)Nc2cccc([N+](=O)[O-])c2C)cc1. The molecule has 0 unspecified atom stereocenters. The topological polar surface area (TPSA) is 67.2 Å². The third-order valence-electron chi connectivity index (χ3n) is 3.32. The highest BCUT2D eigenvalue weighted by atomic mass is 32.1. The Morgan fingerprint density at radius 3 is 2.50 bits per heavy atom. The number of rotatable bonds is 4. The van der Waals surface area contributed by atoms with E-state index in [0.29, 0.717) is 22.9 Å². The third-order valence-corrected chi connectivity index (χ3v) is 3.57. The molecule has 0 heterocycles. The Kier molecular flexibility index (Phi) is 5.06. The molecule has 2 aromatic rings. The third kappa shape index (κ3) is 4.02. The van der Waals surface area contributed by atoms with Crippen LogP contribution in [-0.2, 0) is 6.54 Å². The van der Waals surface area contributed by atoms with Gasteiger partial charge in [-0.15, -0.1) is 0 Å². The van der Waals surface area contributed by atoms with Gasteiger partial charge in [-0.05, 0) is 37.7 Å². The van der Waals surface area contributed by atoms with E-state index >= 15 is 0 Å². The number of hydrogen-bond donors (Lipinski definition) is 2. The number of aryl methyl sites for hydroxylation is 1. The molecule has 2 rings (SSSR count). The first kappa shape index (κ1) is 15.9. The van der Waals surface area contributed by atoms with Gasteiger partial charge in [0.1, 0.15) is 0 Å². The van der Waals surface area contributed by atoms with E-state index in [1.54, 1.807) is 19.1 Å². The molecule has 0 spiro atoms. The van der Waals surface area contributed by atoms with Crippen molar-refractivity contribution < 1.29 is 4.92 Å². The van der Waals surface area contributed by atoms with E-state index in [0.717, 1.165) is 5.56 Å². The van der Waals surface area contributed by atoms with Crippen molar-refractivity contribution in [1.29, 1.82) is 0 Å². The minimum absolute atomic E-state index is 0.0753. The van der Waals surface area contributed by atoms with Crippen LogP contribution < -0.4 is 10.6 Å². The van der Waals surface area contributed by atoms with Crippen LogP contribution in [0.1, 0.15) is 16.7 Å². The second kappa shape index (κ2) is 7.00. The molecule has 0 saturated heterocycles. The van der Waals surface area contributed by atoms with Crippen molar-refractivity contribution in [2.75, 3.05) is 5.32 Å². The first-order valence-corrected chi connectivity index (χ1v) is 7.22. The Morgan fingerprint density at radius 2 is 1.86 bits per heavy atom. The lowest BCUT2D eigenvalue weighted by Crippen LogP contribution is -2.28. The van der Waals surface area contributed by atoms with Crippen LogP contribution in [0, 0.1) is 24.0 Å². The Labute approximate surface area is 134 Å². The zero-order valence-corrected chi connectivity index (χ0v) is 13.2. The van der Waals surface area contributed by atoms with Crippen LogP contribution in [0.3, 0.4) is 0 Å². The van der Waals surface area contributed by atoms with Gasteiger partial charge in [-0.25, -0.2) is 0 Å². The zero-order valence-electron chi connectivity index (χ0n) is 12.4. The molecule has 0 radical (unpaired) electrons. The largest absolute Gasteiger partial charge is 0.358 e. The Hall–Kier alpha value is -2.47. The highest BCUT2D eigenvalue weighted by molar-refractivity contribution is 7.80. The van der Waals surface area contributed by atoms with Crippen LogP contribution in [0.4, 0.5) is 11.4 Å². The van der Waals surface area contributed by atoms with Crippen molar-refractivity contribution in [3.8, 4) is 0 Å². The summed E-state index contributed by atoms with van der Waals surface area (Å²) in [6.07, 6.45) is 0. The Morgan fingerprint density at radius 1 is 1.18 bits per heavy atom. The summed E-state index contributed by atoms with van der Waals surface area (Å²) >= 11 is 5.24. The normalized spacial score (nSPS) is 10.1. The average molecular weight is 315 g/mol. The molecule has 0 aromatic heterocycles. The van der Waals surface area contributed by atoms with Crippen molar-refractivity contribution in [2.45, 2.75) is 20.4 Å². The molecule has 5 nitrogen and oxygen atoms in total. The van der Waals surface area contributed by atoms with E-state index < -0.39 is 4.92 Å². The maximum absolute atomic E-state index is 10.9. The van der Waals surface area contributed by atoms with Gasteiger partial charge in [0.15, 0.2) is 5.11 Å². The zero-order chi connectivity index (χ0) is 16.1. The van der Waals surface area contributed by atoms with E-state index in [4.69, 9.17) is 12.2 Å². The summed E-state index contributed by atoms with van der Waals surface area (Å²) in [4.78, 5) is 10.5. The molecule has 0 aliphatic heterocycles. The summed E-state index contributed by atoms with van der Waals surface area (Å²) in [7, 11) is 0. The van der Waals surface area contributed by atoms with Gasteiger partial charge >= 0.3 is 0 Å². The van der Waals surface area contributed by atoms with E-state index in [1.165, 1.54) is 11.6 Å². The van der Waals surface area contributed by atoms with E-state index in [2.05, 4.69) is 10.6 Å². The highest BCUT2D eigenvalue weighted by Gasteiger charge is 2.13. The molecular weight excluding hydrogens is 298 g/mol. The molecule has 2 aromatic carbocycles. The molecule has 0 bridgehead atoms. The van der Waals surface area contributed by atoms with Crippen molar-refractivity contribution in [3.05, 3.63) is 69.3 Å². The predicted octanol–water partition coefficient (Wildman–Crippen LogP) is 3.70. The van der Waals surface area contributed by atoms with Gasteiger partial charge in [-0.1, -0.05) is 35.9 Å². The van der Waals surface area contributed by atoms with E-state index in [-0.39, 0.29) is 5.69 Å². The summed E-state index contributed by atoms with van der Waals surface area (Å²) in [6, 6.07) is 13.0. The fourth-order valence-electron chi connectivity index (χ4n) is 2.01. The molecule has 0 aliphatic rings. The lowest BCUT2D eigenvalue weighted by atomic mass is 10.1. The standard InChI is InChI=1S/C16H17N3O2S/c1-11-6-8-13(9-7-11)10-17-16(22)18-14-4-3-5-15(12(14)2)19(20)21/h3-9H,10H2,1-2H3,(H2,17,18,22). The fraction of sp³-hybridized carbons (Fsp3) is 0.188. The van der Waals surface area contributed by atoms with Crippen LogP contribution in [0.25, 0.3) is 0 Å². The highest BCUT2D eigenvalue weighted by Crippen LogP contribution is 2.24. The number of thiocarbonyl (C=S) groups is 1. The van der Waals surface area contributed by atoms with Gasteiger partial charge in [0.05, 0.1) is 10.5 Å². The molecule has 0 saturated carbocycles. The molecule has 6 heteroatoms. The number of anilines is 1. The number of nitro groups is 1. The van der Waals surface area contributed by atoms with Crippen LogP contribution >= 0.6 is 12.2 Å². The van der Waals surface area contributed by atoms with Gasteiger partial charge in [-0.2, -0.15) is 0 Å². The maximum Gasteiger partial charge on any atom is 0.274 e. The van der Waals surface area contributed by atoms with Crippen molar-refractivity contribution in [2.24, 2.45) is 0 Å². The summed E-state index contributed by atoms with van der Waals surface area (Å²) < 4.78 is 0. The first-order chi connectivity index (χ1) is 10.5. The minimum Gasteiger partial charge on any atom is -0.358 e. The molecule has 0 atom stereocenters. The molecule has 114 valence electrons. The predicted molar refractivity (Wildman–Crippen MR) is 92.1 cm³/mol. The number of hydrogen-bond acceptors (Lipinski definition) is 3. The van der Waals surface area contributed by atoms with Gasteiger partial charge in [0, 0.05) is 18.3 Å². The van der Waals surface area contributed by atoms with Crippen LogP contribution in [-0.4, -0.2) is 10.0 Å². The van der Waals surface area contributed by atoms with Crippen LogP contribution in [0.2, 0.25) is 0 Å². The molecule has 0 fully saturated rings. The van der Waals surface area contributed by atoms with Gasteiger partial charge in [0.2, 0.25) is 0 Å². The van der Waals surface area contributed by atoms with Crippen LogP contribution in [0.15, 0.2) is 42.5 Å². The molecule has 2 N–H and O–H groups in total. The van der Waals surface area contributed by atoms with Gasteiger partial charge in [-0.3, -0.25) is 10.1 Å². The smallest absolute Gasteiger partial charge is 0.274 e. The van der Waals surface area contributed by atoms with E-state index in [9.17, 15) is 10.1 Å². The van der Waals surface area contributed by atoms with E-state index in [1.807, 2.05) is 31.2 Å². The fourth-order valence-corrected chi connectivity index (χ4v) is 2.19. The molecule has 0 aliphatic carbocycles. The van der Waals surface area contributed by atoms with Crippen LogP contribution in [0.5, 0.6) is 0 Å². The monoisotopic (exact) mass is 315 g/mol. The number of nitrogens with one attached hydrogen (secondary N) is 2. The van der Waals surface area contributed by atoms with Crippen molar-refractivity contribution in [3.63, 3.8) is 0 Å². The first-order valence-electron chi connectivity index (χ1n) is 6.82. The maximum atomic E-state index is 10.9. The number of nitro benzene ring substituents is 1. The number of nitrogens with zero attached hydrogens (tertiary/aromatic N) is 1. The number of benzene rings is 2. The quantitative estimate of drug-likeness (QED) is 0.511. The van der Waals surface area contributed by atoms with Crippen molar-refractivity contribution >= 4 is 28.7 Å². The molecule has 22 heavy (non-hydrogen) atoms. The van der Waals surface area contributed by atoms with Gasteiger partial charge < -0.3 is 10.6 Å². The molecule has 0 amide bonds. The average Bonchev–Trinajstić information content (AvgIpc) is 2.48. The molecular formula is C16H17N3O2S. The minimum atomic E-state index is -0.400. The summed E-state index contributed by atoms with van der Waals surface area (Å²) in [5.74, 6) is 0. The lowest BCUT2D eigenvalue weighted by molar-refractivity contribution is -0.385. The van der Waals surface area contributed by atoms with Gasteiger partial charge in [0.25, 0.3) is 5.69 Å².